The van der Waals surface area contributed by atoms with Crippen molar-refractivity contribution in [3.8, 4) is 16.9 Å². The molecule has 2 aliphatic rings. The van der Waals surface area contributed by atoms with Crippen LogP contribution in [0.25, 0.3) is 11.1 Å². The minimum absolute atomic E-state index is 0.0712. The SMILES string of the molecule is COc1cccc(-c2ccc3c(c2)CCC2(CC2)C3NC(=O)O)c1. The highest BCUT2D eigenvalue weighted by atomic mass is 16.5. The van der Waals surface area contributed by atoms with E-state index >= 15 is 0 Å². The highest BCUT2D eigenvalue weighted by molar-refractivity contribution is 5.69. The lowest BCUT2D eigenvalue weighted by Gasteiger charge is -2.34. The van der Waals surface area contributed by atoms with Crippen molar-refractivity contribution < 1.29 is 14.6 Å². The molecule has 0 saturated heterocycles. The molecule has 0 radical (unpaired) electrons. The monoisotopic (exact) mass is 323 g/mol. The molecule has 24 heavy (non-hydrogen) atoms. The van der Waals surface area contributed by atoms with Gasteiger partial charge in [0.25, 0.3) is 0 Å². The van der Waals surface area contributed by atoms with E-state index in [1.54, 1.807) is 7.11 Å². The molecule has 1 unspecified atom stereocenters. The van der Waals surface area contributed by atoms with Crippen molar-refractivity contribution >= 4 is 6.09 Å². The second-order valence-corrected chi connectivity index (χ2v) is 6.89. The molecule has 124 valence electrons. The molecule has 1 spiro atoms. The fourth-order valence-electron chi connectivity index (χ4n) is 4.00. The fourth-order valence-corrected chi connectivity index (χ4v) is 4.00. The Morgan fingerprint density at radius 1 is 1.17 bits per heavy atom. The summed E-state index contributed by atoms with van der Waals surface area (Å²) in [4.78, 5) is 11.2. The number of hydrogen-bond acceptors (Lipinski definition) is 2. The topological polar surface area (TPSA) is 58.6 Å². The third-order valence-electron chi connectivity index (χ3n) is 5.52. The van der Waals surface area contributed by atoms with Gasteiger partial charge in [0.15, 0.2) is 0 Å². The van der Waals surface area contributed by atoms with Crippen molar-refractivity contribution in [2.45, 2.75) is 31.7 Å². The van der Waals surface area contributed by atoms with Crippen LogP contribution in [-0.2, 0) is 6.42 Å². The smallest absolute Gasteiger partial charge is 0.405 e. The van der Waals surface area contributed by atoms with E-state index in [4.69, 9.17) is 4.74 Å². The van der Waals surface area contributed by atoms with Crippen LogP contribution >= 0.6 is 0 Å². The Bertz CT molecular complexity index is 795. The molecule has 0 aliphatic heterocycles. The van der Waals surface area contributed by atoms with Crippen LogP contribution in [0.4, 0.5) is 4.79 Å². The molecule has 2 aromatic carbocycles. The van der Waals surface area contributed by atoms with Gasteiger partial charge in [-0.15, -0.1) is 0 Å². The molecule has 4 rings (SSSR count). The predicted octanol–water partition coefficient (Wildman–Crippen LogP) is 4.40. The first-order valence-corrected chi connectivity index (χ1v) is 8.38. The number of benzene rings is 2. The number of hydrogen-bond donors (Lipinski definition) is 2. The predicted molar refractivity (Wildman–Crippen MR) is 92.3 cm³/mol. The lowest BCUT2D eigenvalue weighted by atomic mass is 9.76. The third kappa shape index (κ3) is 2.52. The van der Waals surface area contributed by atoms with Crippen LogP contribution in [0, 0.1) is 5.41 Å². The van der Waals surface area contributed by atoms with E-state index in [1.165, 1.54) is 5.56 Å². The summed E-state index contributed by atoms with van der Waals surface area (Å²) in [7, 11) is 1.67. The summed E-state index contributed by atoms with van der Waals surface area (Å²) in [6.07, 6.45) is 3.39. The number of carboxylic acid groups (broad SMARTS) is 1. The Balaban J connectivity index is 1.71. The molecule has 1 fully saturated rings. The van der Waals surface area contributed by atoms with E-state index in [0.29, 0.717) is 0 Å². The standard InChI is InChI=1S/C20H21NO3/c1-24-16-4-2-3-13(12-16)14-5-6-17-15(11-14)7-8-20(9-10-20)18(17)21-19(22)23/h2-6,11-12,18,21H,7-10H2,1H3,(H,22,23). The number of fused-ring (bicyclic) bond motifs is 1. The zero-order chi connectivity index (χ0) is 16.7. The second kappa shape index (κ2) is 5.55. The van der Waals surface area contributed by atoms with E-state index in [0.717, 1.165) is 48.1 Å². The average Bonchev–Trinajstić information content (AvgIpc) is 3.37. The normalized spacial score (nSPS) is 20.3. The van der Waals surface area contributed by atoms with Crippen molar-refractivity contribution in [1.29, 1.82) is 0 Å². The minimum Gasteiger partial charge on any atom is -0.497 e. The zero-order valence-corrected chi connectivity index (χ0v) is 13.7. The van der Waals surface area contributed by atoms with E-state index in [-0.39, 0.29) is 11.5 Å². The molecule has 2 N–H and O–H groups in total. The highest BCUT2D eigenvalue weighted by Gasteiger charge is 2.52. The maximum atomic E-state index is 11.2. The van der Waals surface area contributed by atoms with Gasteiger partial charge >= 0.3 is 6.09 Å². The van der Waals surface area contributed by atoms with Crippen LogP contribution in [0.15, 0.2) is 42.5 Å². The molecule has 1 atom stereocenters. The number of rotatable bonds is 3. The van der Waals surface area contributed by atoms with Gasteiger partial charge < -0.3 is 15.2 Å². The molecule has 0 bridgehead atoms. The van der Waals surface area contributed by atoms with Gasteiger partial charge in [-0.3, -0.25) is 0 Å². The molecule has 1 saturated carbocycles. The first-order chi connectivity index (χ1) is 11.6. The molecule has 0 aromatic heterocycles. The van der Waals surface area contributed by atoms with Gasteiger partial charge in [0.1, 0.15) is 5.75 Å². The Kier molecular flexibility index (Phi) is 3.48. The van der Waals surface area contributed by atoms with Crippen LogP contribution in [-0.4, -0.2) is 18.3 Å². The van der Waals surface area contributed by atoms with E-state index in [2.05, 4.69) is 29.6 Å². The number of aryl methyl sites for hydroxylation is 1. The first-order valence-electron chi connectivity index (χ1n) is 8.38. The van der Waals surface area contributed by atoms with Gasteiger partial charge in [-0.1, -0.05) is 30.3 Å². The summed E-state index contributed by atoms with van der Waals surface area (Å²) in [5.74, 6) is 0.840. The molecule has 2 aliphatic carbocycles. The highest BCUT2D eigenvalue weighted by Crippen LogP contribution is 2.60. The van der Waals surface area contributed by atoms with Gasteiger partial charge in [0, 0.05) is 0 Å². The Labute approximate surface area is 141 Å². The number of carbonyl (C=O) groups is 1. The maximum absolute atomic E-state index is 11.2. The maximum Gasteiger partial charge on any atom is 0.405 e. The van der Waals surface area contributed by atoms with E-state index < -0.39 is 6.09 Å². The van der Waals surface area contributed by atoms with Crippen LogP contribution in [0.2, 0.25) is 0 Å². The van der Waals surface area contributed by atoms with Gasteiger partial charge in [0.2, 0.25) is 0 Å². The van der Waals surface area contributed by atoms with Crippen LogP contribution in [0.3, 0.4) is 0 Å². The average molecular weight is 323 g/mol. The quantitative estimate of drug-likeness (QED) is 0.880. The van der Waals surface area contributed by atoms with Gasteiger partial charge in [-0.25, -0.2) is 4.79 Å². The van der Waals surface area contributed by atoms with Crippen molar-refractivity contribution in [2.24, 2.45) is 5.41 Å². The first kappa shape index (κ1) is 15.1. The summed E-state index contributed by atoms with van der Waals surface area (Å²) >= 11 is 0. The lowest BCUT2D eigenvalue weighted by molar-refractivity contribution is 0.178. The van der Waals surface area contributed by atoms with Gasteiger partial charge in [-0.05, 0) is 65.5 Å². The number of amides is 1. The van der Waals surface area contributed by atoms with Crippen molar-refractivity contribution in [3.63, 3.8) is 0 Å². The van der Waals surface area contributed by atoms with E-state index in [9.17, 15) is 9.90 Å². The van der Waals surface area contributed by atoms with Crippen LogP contribution in [0.1, 0.15) is 36.4 Å². The largest absolute Gasteiger partial charge is 0.497 e. The van der Waals surface area contributed by atoms with Crippen molar-refractivity contribution in [1.82, 2.24) is 5.32 Å². The third-order valence-corrected chi connectivity index (χ3v) is 5.52. The Morgan fingerprint density at radius 3 is 2.67 bits per heavy atom. The van der Waals surface area contributed by atoms with Crippen molar-refractivity contribution in [3.05, 3.63) is 53.6 Å². The fraction of sp³-hybridized carbons (Fsp3) is 0.350. The number of methoxy groups -OCH3 is 1. The summed E-state index contributed by atoms with van der Waals surface area (Å²) in [6, 6.07) is 14.3. The molecule has 4 heteroatoms. The summed E-state index contributed by atoms with van der Waals surface area (Å²) < 4.78 is 5.31. The lowest BCUT2D eigenvalue weighted by Crippen LogP contribution is -2.36. The number of ether oxygens (including phenoxy) is 1. The molecule has 0 heterocycles. The minimum atomic E-state index is -0.934. The van der Waals surface area contributed by atoms with Gasteiger partial charge in [-0.2, -0.15) is 0 Å². The molecule has 1 amide bonds. The van der Waals surface area contributed by atoms with Crippen molar-refractivity contribution in [2.75, 3.05) is 7.11 Å². The zero-order valence-electron chi connectivity index (χ0n) is 13.7. The molecule has 4 nitrogen and oxygen atoms in total. The van der Waals surface area contributed by atoms with Gasteiger partial charge in [0.05, 0.1) is 13.2 Å². The summed E-state index contributed by atoms with van der Waals surface area (Å²) in [6.45, 7) is 0. The second-order valence-electron chi connectivity index (χ2n) is 6.89. The number of nitrogens with one attached hydrogen (secondary N) is 1. The van der Waals surface area contributed by atoms with Crippen LogP contribution < -0.4 is 10.1 Å². The summed E-state index contributed by atoms with van der Waals surface area (Å²) in [5, 5.41) is 12.0. The molecular weight excluding hydrogens is 302 g/mol. The van der Waals surface area contributed by atoms with Crippen LogP contribution in [0.5, 0.6) is 5.75 Å². The van der Waals surface area contributed by atoms with E-state index in [1.807, 2.05) is 18.2 Å². The Morgan fingerprint density at radius 2 is 1.96 bits per heavy atom. The Hall–Kier alpha value is -2.49. The molecular formula is C20H21NO3. The molecule has 2 aromatic rings. The summed E-state index contributed by atoms with van der Waals surface area (Å²) in [5.41, 5.74) is 4.82.